The summed E-state index contributed by atoms with van der Waals surface area (Å²) in [5.74, 6) is -4.84. The summed E-state index contributed by atoms with van der Waals surface area (Å²) in [7, 11) is -2.48. The number of benzene rings is 2. The van der Waals surface area contributed by atoms with Gasteiger partial charge in [-0.2, -0.15) is 13.2 Å². The number of methoxy groups -OCH3 is 1. The lowest BCUT2D eigenvalue weighted by molar-refractivity contribution is -0.175. The number of carbonyl (C=O) groups is 4. The Bertz CT molecular complexity index is 2470. The molecule has 0 spiro atoms. The number of alkyl halides is 3. The molecular weight excluding hydrogens is 796 g/mol. The monoisotopic (exact) mass is 837 g/mol. The number of halogens is 3. The summed E-state index contributed by atoms with van der Waals surface area (Å²) in [4.78, 5) is 60.8. The van der Waals surface area contributed by atoms with Crippen LogP contribution in [0.3, 0.4) is 0 Å². The van der Waals surface area contributed by atoms with E-state index >= 15 is 0 Å². The van der Waals surface area contributed by atoms with Crippen molar-refractivity contribution >= 4 is 55.7 Å². The Kier molecular flexibility index (Phi) is 10.6. The van der Waals surface area contributed by atoms with Gasteiger partial charge in [0, 0.05) is 29.4 Å². The number of hydrogen-bond acceptors (Lipinski definition) is 10. The number of allylic oxidation sites excluding steroid dienone is 1. The number of amides is 4. The van der Waals surface area contributed by atoms with Gasteiger partial charge < -0.3 is 29.4 Å². The van der Waals surface area contributed by atoms with Gasteiger partial charge >= 0.3 is 12.1 Å². The molecule has 1 saturated heterocycles. The molecule has 8 rings (SSSR count). The second-order valence-corrected chi connectivity index (χ2v) is 17.5. The van der Waals surface area contributed by atoms with E-state index in [-0.39, 0.29) is 43.6 Å². The molecule has 5 atom stereocenters. The molecular formula is C41H42F3N5O9S. The molecule has 4 aromatic rings. The number of aromatic nitrogens is 1. The summed E-state index contributed by atoms with van der Waals surface area (Å²) in [6.07, 6.45) is -0.237. The fraction of sp³-hybridized carbons (Fsp3) is 0.439. The molecule has 59 heavy (non-hydrogen) atoms. The molecule has 4 heterocycles. The average Bonchev–Trinajstić information content (AvgIpc) is 4.11. The number of fused-ring (bicyclic) bond motifs is 5. The van der Waals surface area contributed by atoms with Gasteiger partial charge in [-0.05, 0) is 62.8 Å². The molecule has 4 amide bonds. The van der Waals surface area contributed by atoms with Gasteiger partial charge in [0.15, 0.2) is 11.3 Å². The van der Waals surface area contributed by atoms with Crippen LogP contribution in [0.2, 0.25) is 0 Å². The maximum atomic E-state index is 14.4. The highest BCUT2D eigenvalue weighted by molar-refractivity contribution is 7.91. The number of rotatable bonds is 8. The van der Waals surface area contributed by atoms with Crippen molar-refractivity contribution in [3.8, 4) is 22.8 Å². The number of furan rings is 1. The Morgan fingerprint density at radius 1 is 1.02 bits per heavy atom. The van der Waals surface area contributed by atoms with E-state index in [1.807, 2.05) is 35.7 Å². The van der Waals surface area contributed by atoms with Gasteiger partial charge in [-0.15, -0.1) is 0 Å². The summed E-state index contributed by atoms with van der Waals surface area (Å²) >= 11 is 0. The van der Waals surface area contributed by atoms with Gasteiger partial charge in [0.05, 0.1) is 24.6 Å². The number of ether oxygens (including phenoxy) is 2. The van der Waals surface area contributed by atoms with Crippen molar-refractivity contribution in [3.63, 3.8) is 0 Å². The van der Waals surface area contributed by atoms with E-state index in [0.717, 1.165) is 4.90 Å². The summed E-state index contributed by atoms with van der Waals surface area (Å²) in [5, 5.41) is 4.55. The van der Waals surface area contributed by atoms with Gasteiger partial charge in [-0.25, -0.2) is 13.4 Å². The van der Waals surface area contributed by atoms with Crippen LogP contribution in [0.4, 0.5) is 13.2 Å². The average molecular weight is 838 g/mol. The van der Waals surface area contributed by atoms with Crippen LogP contribution < -0.4 is 24.8 Å². The molecule has 2 aromatic heterocycles. The predicted molar refractivity (Wildman–Crippen MR) is 207 cm³/mol. The molecule has 0 bridgehead atoms. The third-order valence-corrected chi connectivity index (χ3v) is 13.2. The largest absolute Gasteiger partial charge is 0.496 e. The Morgan fingerprint density at radius 3 is 2.54 bits per heavy atom. The number of sulfonamides is 1. The quantitative estimate of drug-likeness (QED) is 0.203. The fourth-order valence-corrected chi connectivity index (χ4v) is 9.36. The van der Waals surface area contributed by atoms with Crippen LogP contribution in [0.25, 0.3) is 33.3 Å². The molecule has 0 radical (unpaired) electrons. The van der Waals surface area contributed by atoms with Crippen molar-refractivity contribution in [2.75, 3.05) is 13.7 Å². The van der Waals surface area contributed by atoms with E-state index in [9.17, 15) is 40.8 Å². The summed E-state index contributed by atoms with van der Waals surface area (Å²) in [6, 6.07) is 13.0. The van der Waals surface area contributed by atoms with E-state index in [0.29, 0.717) is 65.6 Å². The Hall–Kier alpha value is -5.65. The lowest BCUT2D eigenvalue weighted by Gasteiger charge is -2.30. The molecule has 0 unspecified atom stereocenters. The highest BCUT2D eigenvalue weighted by Gasteiger charge is 2.62. The molecule has 2 aliphatic heterocycles. The van der Waals surface area contributed by atoms with E-state index in [2.05, 4.69) is 10.0 Å². The molecule has 2 aromatic carbocycles. The van der Waals surface area contributed by atoms with Crippen molar-refractivity contribution in [2.24, 2.45) is 5.92 Å². The Morgan fingerprint density at radius 2 is 1.78 bits per heavy atom. The van der Waals surface area contributed by atoms with Gasteiger partial charge in [-0.3, -0.25) is 23.9 Å². The molecule has 3 N–H and O–H groups in total. The second kappa shape index (κ2) is 15.5. The van der Waals surface area contributed by atoms with Crippen molar-refractivity contribution in [3.05, 3.63) is 66.7 Å². The first-order valence-electron chi connectivity index (χ1n) is 19.5. The maximum absolute atomic E-state index is 14.4. The first kappa shape index (κ1) is 40.1. The van der Waals surface area contributed by atoms with Crippen LogP contribution in [0.15, 0.2) is 71.2 Å². The normalized spacial score (nSPS) is 25.3. The summed E-state index contributed by atoms with van der Waals surface area (Å²) < 4.78 is 87.0. The number of para-hydroxylation sites is 2. The molecule has 2 aliphatic carbocycles. The number of nitrogens with one attached hydrogen (secondary N) is 3. The standard InChI is InChI=1S/C41H42F3N5O9S/c1-56-31-15-9-7-12-26(31)29-20-33(35-34(45-29)27-13-8-10-16-32(27)58-35)57-24-19-30-36(50)47-40(38(52)48-59(54,55)25-17-18-25)21-23(40)11-5-3-2-4-6-14-28(37(51)49(30)22-24)46-39(53)41(42,43)44/h5,7-13,15-16,20,23-25,28,30H,2-4,6,14,17-19,21-22H2,1H3,(H,46,53)(H,47,50)(H,48,52)/t23-,24-,28+,30+,40-/m1/s1. The molecule has 2 saturated carbocycles. The van der Waals surface area contributed by atoms with Crippen LogP contribution in [-0.2, 0) is 29.2 Å². The van der Waals surface area contributed by atoms with E-state index in [1.165, 1.54) is 7.11 Å². The Balaban J connectivity index is 1.16. The fourth-order valence-electron chi connectivity index (χ4n) is 8.00. The zero-order valence-electron chi connectivity index (χ0n) is 31.9. The van der Waals surface area contributed by atoms with E-state index in [4.69, 9.17) is 18.9 Å². The van der Waals surface area contributed by atoms with Crippen molar-refractivity contribution in [2.45, 2.75) is 92.9 Å². The molecule has 312 valence electrons. The minimum atomic E-state index is -5.28. The summed E-state index contributed by atoms with van der Waals surface area (Å²) in [5.41, 5.74) is 0.647. The van der Waals surface area contributed by atoms with Gasteiger partial charge in [0.2, 0.25) is 21.8 Å². The van der Waals surface area contributed by atoms with E-state index in [1.54, 1.807) is 36.4 Å². The van der Waals surface area contributed by atoms with Gasteiger partial charge in [0.25, 0.3) is 5.91 Å². The molecule has 4 aliphatic rings. The minimum absolute atomic E-state index is 0.0822. The number of nitrogens with zero attached hydrogens (tertiary/aromatic N) is 2. The lowest BCUT2D eigenvalue weighted by atomic mass is 10.0. The highest BCUT2D eigenvalue weighted by Crippen LogP contribution is 2.46. The third kappa shape index (κ3) is 8.06. The number of hydrogen-bond donors (Lipinski definition) is 3. The summed E-state index contributed by atoms with van der Waals surface area (Å²) in [6.45, 7) is -0.304. The van der Waals surface area contributed by atoms with Crippen molar-refractivity contribution in [1.82, 2.24) is 25.2 Å². The van der Waals surface area contributed by atoms with Crippen LogP contribution in [0.5, 0.6) is 11.5 Å². The zero-order chi connectivity index (χ0) is 41.7. The maximum Gasteiger partial charge on any atom is 0.471 e. The van der Waals surface area contributed by atoms with Crippen LogP contribution in [-0.4, -0.2) is 90.7 Å². The smallest absolute Gasteiger partial charge is 0.471 e. The SMILES string of the molecule is COc1ccccc1-c1cc(O[C@@H]2C[C@H]3C(=O)N[C@]4(C(=O)NS(=O)(=O)C5CC5)C[C@H]4C=CCCCCC[C@H](NC(=O)C(F)(F)F)C(=O)N3C2)c2oc3ccccc3c2n1. The number of pyridine rings is 1. The van der Waals surface area contributed by atoms with Crippen LogP contribution in [0, 0.1) is 5.92 Å². The predicted octanol–water partition coefficient (Wildman–Crippen LogP) is 5.06. The van der Waals surface area contributed by atoms with Crippen molar-refractivity contribution < 1.29 is 54.7 Å². The minimum Gasteiger partial charge on any atom is -0.496 e. The van der Waals surface area contributed by atoms with E-state index < -0.39 is 74.7 Å². The Labute approximate surface area is 336 Å². The topological polar surface area (TPSA) is 186 Å². The molecule has 14 nitrogen and oxygen atoms in total. The van der Waals surface area contributed by atoms with Gasteiger partial charge in [0.1, 0.15) is 40.6 Å². The second-order valence-electron chi connectivity index (χ2n) is 15.5. The van der Waals surface area contributed by atoms with Crippen molar-refractivity contribution in [1.29, 1.82) is 0 Å². The molecule has 3 fully saturated rings. The zero-order valence-corrected chi connectivity index (χ0v) is 32.7. The van der Waals surface area contributed by atoms with Gasteiger partial charge in [-0.1, -0.05) is 49.3 Å². The first-order chi connectivity index (χ1) is 28.2. The van der Waals surface area contributed by atoms with Crippen LogP contribution >= 0.6 is 0 Å². The highest BCUT2D eigenvalue weighted by atomic mass is 32.2. The third-order valence-electron chi connectivity index (χ3n) is 11.4. The lowest BCUT2D eigenvalue weighted by Crippen LogP contribution is -2.58. The molecule has 18 heteroatoms. The van der Waals surface area contributed by atoms with Crippen LogP contribution in [0.1, 0.15) is 57.8 Å². The first-order valence-corrected chi connectivity index (χ1v) is 21.1. The number of carbonyl (C=O) groups excluding carboxylic acids is 4.